The van der Waals surface area contributed by atoms with Crippen LogP contribution in [0.4, 0.5) is 0 Å². The summed E-state index contributed by atoms with van der Waals surface area (Å²) in [7, 11) is -0.510. The quantitative estimate of drug-likeness (QED) is 0.785. The molecule has 1 aliphatic carbocycles. The Kier molecular flexibility index (Phi) is 5.13. The fourth-order valence-corrected chi connectivity index (χ4v) is 5.23. The molecule has 1 saturated heterocycles. The van der Waals surface area contributed by atoms with Crippen molar-refractivity contribution >= 4 is 10.2 Å². The van der Waals surface area contributed by atoms with Crippen molar-refractivity contribution in [1.29, 1.82) is 0 Å². The van der Waals surface area contributed by atoms with E-state index in [4.69, 9.17) is 4.98 Å². The molecular formula is C18H29N5O3S. The summed E-state index contributed by atoms with van der Waals surface area (Å²) >= 11 is 0. The standard InChI is InChI=1S/C18H29N5O3S/c1-21(2)27(25,26)23-9-7-16-15(12-23)18(24)20-17(19-16)14-4-3-8-22(11-14)10-13-5-6-13/h13-14H,3-12H2,1-2H3,(H,19,20,24). The number of likely N-dealkylation sites (tertiary alicyclic amines) is 1. The lowest BCUT2D eigenvalue weighted by Crippen LogP contribution is -2.45. The van der Waals surface area contributed by atoms with E-state index < -0.39 is 10.2 Å². The predicted molar refractivity (Wildman–Crippen MR) is 103 cm³/mol. The van der Waals surface area contributed by atoms with Crippen LogP contribution in [0.5, 0.6) is 0 Å². The first kappa shape index (κ1) is 19.0. The van der Waals surface area contributed by atoms with E-state index in [1.54, 1.807) is 0 Å². The first-order chi connectivity index (χ1) is 12.8. The Morgan fingerprint density at radius 1 is 1.22 bits per heavy atom. The summed E-state index contributed by atoms with van der Waals surface area (Å²) in [5.74, 6) is 1.91. The number of fused-ring (bicyclic) bond motifs is 1. The Labute approximate surface area is 160 Å². The van der Waals surface area contributed by atoms with Gasteiger partial charge in [-0.15, -0.1) is 0 Å². The van der Waals surface area contributed by atoms with Crippen LogP contribution >= 0.6 is 0 Å². The molecule has 0 radical (unpaired) electrons. The molecule has 1 saturated carbocycles. The molecule has 1 aromatic heterocycles. The normalized spacial score (nSPS) is 24.9. The largest absolute Gasteiger partial charge is 0.310 e. The van der Waals surface area contributed by atoms with Crippen molar-refractivity contribution in [2.45, 2.75) is 44.6 Å². The summed E-state index contributed by atoms with van der Waals surface area (Å²) < 4.78 is 27.3. The first-order valence-electron chi connectivity index (χ1n) is 9.86. The highest BCUT2D eigenvalue weighted by Gasteiger charge is 2.33. The van der Waals surface area contributed by atoms with Gasteiger partial charge in [0.1, 0.15) is 5.82 Å². The Morgan fingerprint density at radius 2 is 2.00 bits per heavy atom. The van der Waals surface area contributed by atoms with Gasteiger partial charge in [0, 0.05) is 52.6 Å². The lowest BCUT2D eigenvalue weighted by atomic mass is 9.96. The molecule has 3 aliphatic rings. The molecule has 9 heteroatoms. The Bertz CT molecular complexity index is 862. The van der Waals surface area contributed by atoms with E-state index in [2.05, 4.69) is 9.88 Å². The predicted octanol–water partition coefficient (Wildman–Crippen LogP) is 0.524. The molecule has 0 aromatic carbocycles. The fourth-order valence-electron chi connectivity index (χ4n) is 4.15. The minimum Gasteiger partial charge on any atom is -0.310 e. The zero-order valence-corrected chi connectivity index (χ0v) is 17.0. The van der Waals surface area contributed by atoms with E-state index in [0.717, 1.165) is 43.4 Å². The minimum atomic E-state index is -3.52. The molecule has 1 unspecified atom stereocenters. The topological polar surface area (TPSA) is 89.6 Å². The second-order valence-corrected chi connectivity index (χ2v) is 10.4. The van der Waals surface area contributed by atoms with Crippen LogP contribution in [-0.4, -0.2) is 72.2 Å². The van der Waals surface area contributed by atoms with E-state index in [1.165, 1.54) is 42.1 Å². The summed E-state index contributed by atoms with van der Waals surface area (Å²) in [5.41, 5.74) is 1.06. The molecule has 0 bridgehead atoms. The minimum absolute atomic E-state index is 0.0942. The number of rotatable bonds is 5. The molecule has 0 spiro atoms. The van der Waals surface area contributed by atoms with E-state index >= 15 is 0 Å². The van der Waals surface area contributed by atoms with Crippen molar-refractivity contribution in [2.75, 3.05) is 40.3 Å². The number of nitrogens with zero attached hydrogens (tertiary/aromatic N) is 4. The second kappa shape index (κ2) is 7.27. The molecule has 1 N–H and O–H groups in total. The van der Waals surface area contributed by atoms with Gasteiger partial charge in [0.2, 0.25) is 0 Å². The van der Waals surface area contributed by atoms with Crippen molar-refractivity contribution in [2.24, 2.45) is 5.92 Å². The van der Waals surface area contributed by atoms with Crippen LogP contribution in [0.3, 0.4) is 0 Å². The van der Waals surface area contributed by atoms with Crippen molar-refractivity contribution in [3.63, 3.8) is 0 Å². The van der Waals surface area contributed by atoms with Gasteiger partial charge in [-0.3, -0.25) is 4.79 Å². The molecule has 1 atom stereocenters. The lowest BCUT2D eigenvalue weighted by molar-refractivity contribution is 0.196. The third-order valence-electron chi connectivity index (χ3n) is 5.95. The average Bonchev–Trinajstić information content (AvgIpc) is 3.45. The monoisotopic (exact) mass is 395 g/mol. The van der Waals surface area contributed by atoms with Crippen molar-refractivity contribution in [3.05, 3.63) is 27.4 Å². The Morgan fingerprint density at radius 3 is 2.70 bits per heavy atom. The number of hydrogen-bond acceptors (Lipinski definition) is 5. The van der Waals surface area contributed by atoms with E-state index in [-0.39, 0.29) is 18.0 Å². The number of nitrogens with one attached hydrogen (secondary N) is 1. The van der Waals surface area contributed by atoms with Crippen LogP contribution in [0.15, 0.2) is 4.79 Å². The van der Waals surface area contributed by atoms with Crippen LogP contribution in [0.25, 0.3) is 0 Å². The Hall–Kier alpha value is -1.29. The summed E-state index contributed by atoms with van der Waals surface area (Å²) in [6, 6.07) is 0. The highest BCUT2D eigenvalue weighted by atomic mass is 32.2. The van der Waals surface area contributed by atoms with Crippen LogP contribution in [0, 0.1) is 5.92 Å². The molecule has 27 heavy (non-hydrogen) atoms. The lowest BCUT2D eigenvalue weighted by Gasteiger charge is -2.33. The van der Waals surface area contributed by atoms with Gasteiger partial charge in [-0.2, -0.15) is 17.0 Å². The highest BCUT2D eigenvalue weighted by molar-refractivity contribution is 7.86. The zero-order chi connectivity index (χ0) is 19.2. The van der Waals surface area contributed by atoms with Gasteiger partial charge in [-0.05, 0) is 38.1 Å². The van der Waals surface area contributed by atoms with Crippen molar-refractivity contribution in [1.82, 2.24) is 23.5 Å². The number of H-pyrrole nitrogens is 1. The summed E-state index contributed by atoms with van der Waals surface area (Å²) in [5, 5.41) is 0. The average molecular weight is 396 g/mol. The summed E-state index contributed by atoms with van der Waals surface area (Å²) in [6.07, 6.45) is 5.36. The van der Waals surface area contributed by atoms with E-state index in [0.29, 0.717) is 18.5 Å². The Balaban J connectivity index is 1.53. The number of hydrogen-bond donors (Lipinski definition) is 1. The smallest absolute Gasteiger partial charge is 0.281 e. The number of aromatic amines is 1. The maximum Gasteiger partial charge on any atom is 0.281 e. The third-order valence-corrected chi connectivity index (χ3v) is 7.83. The molecular weight excluding hydrogens is 366 g/mol. The van der Waals surface area contributed by atoms with Gasteiger partial charge in [-0.25, -0.2) is 4.98 Å². The van der Waals surface area contributed by atoms with Gasteiger partial charge in [0.15, 0.2) is 0 Å². The van der Waals surface area contributed by atoms with Crippen LogP contribution < -0.4 is 5.56 Å². The number of aromatic nitrogens is 2. The van der Waals surface area contributed by atoms with Crippen molar-refractivity contribution < 1.29 is 8.42 Å². The number of piperidine rings is 1. The van der Waals surface area contributed by atoms with Crippen LogP contribution in [0.2, 0.25) is 0 Å². The van der Waals surface area contributed by atoms with Gasteiger partial charge >= 0.3 is 0 Å². The molecule has 8 nitrogen and oxygen atoms in total. The maximum absolute atomic E-state index is 12.7. The van der Waals surface area contributed by atoms with Gasteiger partial charge < -0.3 is 9.88 Å². The first-order valence-corrected chi connectivity index (χ1v) is 11.3. The van der Waals surface area contributed by atoms with Gasteiger partial charge in [0.25, 0.3) is 15.8 Å². The van der Waals surface area contributed by atoms with E-state index in [1.807, 2.05) is 0 Å². The molecule has 150 valence electrons. The molecule has 2 fully saturated rings. The molecule has 3 heterocycles. The second-order valence-electron chi connectivity index (χ2n) is 8.29. The molecule has 4 rings (SSSR count). The zero-order valence-electron chi connectivity index (χ0n) is 16.1. The fraction of sp³-hybridized carbons (Fsp3) is 0.778. The van der Waals surface area contributed by atoms with Crippen LogP contribution in [0.1, 0.15) is 48.7 Å². The maximum atomic E-state index is 12.7. The summed E-state index contributed by atoms with van der Waals surface area (Å²) in [6.45, 7) is 3.72. The molecule has 0 amide bonds. The molecule has 1 aromatic rings. The van der Waals surface area contributed by atoms with E-state index in [9.17, 15) is 13.2 Å². The van der Waals surface area contributed by atoms with Crippen molar-refractivity contribution in [3.8, 4) is 0 Å². The SMILES string of the molecule is CN(C)S(=O)(=O)N1CCc2nc(C3CCCN(CC4CC4)C3)[nH]c(=O)c2C1. The molecule has 2 aliphatic heterocycles. The highest BCUT2D eigenvalue weighted by Crippen LogP contribution is 2.32. The van der Waals surface area contributed by atoms with Crippen LogP contribution in [-0.2, 0) is 23.2 Å². The third kappa shape index (κ3) is 3.96. The van der Waals surface area contributed by atoms with Gasteiger partial charge in [0.05, 0.1) is 11.3 Å². The van der Waals surface area contributed by atoms with Gasteiger partial charge in [-0.1, -0.05) is 0 Å². The summed E-state index contributed by atoms with van der Waals surface area (Å²) in [4.78, 5) is 22.9.